The highest BCUT2D eigenvalue weighted by atomic mass is 19.1. The number of halogens is 3. The maximum Gasteiger partial charge on any atom is 0.245 e. The maximum atomic E-state index is 15.8. The summed E-state index contributed by atoms with van der Waals surface area (Å²) in [4.78, 5) is 17.1. The second-order valence-electron chi connectivity index (χ2n) is 11.7. The summed E-state index contributed by atoms with van der Waals surface area (Å²) in [6, 6.07) is 5.20. The maximum absolute atomic E-state index is 15.8. The average Bonchev–Trinajstić information content (AvgIpc) is 3.32. The standard InChI is InChI=1S/C30H36F3N5O2/c1-18-11-22-21(8-9-26-23(22)14-34-35-26)29(38(18)17-30(2,3)33)28-24(31)12-19(13-25(28)32)40-20-15-37(16-20)10-6-7-27(39)36(4)5/h6-9,12-14,18,20,29H,10-11,15-17H2,1-5H3,(H,34,35)/b7-6+/t18-,29+/m1/s1. The van der Waals surface area contributed by atoms with Crippen molar-refractivity contribution in [2.75, 3.05) is 40.3 Å². The summed E-state index contributed by atoms with van der Waals surface area (Å²) in [7, 11) is 3.38. The van der Waals surface area contributed by atoms with Gasteiger partial charge in [0.1, 0.15) is 29.2 Å². The van der Waals surface area contributed by atoms with E-state index >= 15 is 8.78 Å². The predicted molar refractivity (Wildman–Crippen MR) is 148 cm³/mol. The van der Waals surface area contributed by atoms with Crippen LogP contribution in [-0.4, -0.2) is 88.9 Å². The van der Waals surface area contributed by atoms with Crippen LogP contribution in [-0.2, 0) is 11.2 Å². The van der Waals surface area contributed by atoms with Crippen molar-refractivity contribution in [3.63, 3.8) is 0 Å². The Morgan fingerprint density at radius 3 is 2.58 bits per heavy atom. The highest BCUT2D eigenvalue weighted by Crippen LogP contribution is 2.43. The summed E-state index contributed by atoms with van der Waals surface area (Å²) in [5, 5.41) is 8.01. The molecule has 2 aliphatic rings. The Bertz CT molecular complexity index is 1400. The van der Waals surface area contributed by atoms with Crippen LogP contribution in [0.1, 0.15) is 43.5 Å². The van der Waals surface area contributed by atoms with Crippen molar-refractivity contribution in [1.29, 1.82) is 0 Å². The number of nitrogens with one attached hydrogen (secondary N) is 1. The van der Waals surface area contributed by atoms with Gasteiger partial charge in [-0.05, 0) is 44.4 Å². The molecule has 7 nitrogen and oxygen atoms in total. The zero-order valence-corrected chi connectivity index (χ0v) is 23.5. The first-order chi connectivity index (χ1) is 18.9. The molecule has 1 aromatic heterocycles. The van der Waals surface area contributed by atoms with Crippen molar-refractivity contribution >= 4 is 16.8 Å². The van der Waals surface area contributed by atoms with Gasteiger partial charge in [-0.1, -0.05) is 12.1 Å². The molecule has 0 aliphatic carbocycles. The number of carbonyl (C=O) groups is 1. The molecular formula is C30H36F3N5O2. The number of alkyl halides is 1. The van der Waals surface area contributed by atoms with Crippen LogP contribution in [0.3, 0.4) is 0 Å². The van der Waals surface area contributed by atoms with Crippen LogP contribution >= 0.6 is 0 Å². The number of hydrogen-bond acceptors (Lipinski definition) is 5. The van der Waals surface area contributed by atoms with E-state index in [1.54, 1.807) is 26.4 Å². The van der Waals surface area contributed by atoms with Crippen LogP contribution in [0.15, 0.2) is 42.6 Å². The normalized spacial score (nSPS) is 20.6. The lowest BCUT2D eigenvalue weighted by Crippen LogP contribution is -2.53. The van der Waals surface area contributed by atoms with E-state index in [0.29, 0.717) is 26.1 Å². The van der Waals surface area contributed by atoms with E-state index in [2.05, 4.69) is 15.1 Å². The highest BCUT2D eigenvalue weighted by Gasteiger charge is 2.40. The van der Waals surface area contributed by atoms with Crippen molar-refractivity contribution in [2.45, 2.75) is 51.0 Å². The zero-order valence-electron chi connectivity index (χ0n) is 23.5. The monoisotopic (exact) mass is 555 g/mol. The fourth-order valence-electron chi connectivity index (χ4n) is 5.71. The molecule has 2 aliphatic heterocycles. The molecular weight excluding hydrogens is 519 g/mol. The third-order valence-corrected chi connectivity index (χ3v) is 7.64. The first-order valence-corrected chi connectivity index (χ1v) is 13.6. The molecule has 1 saturated heterocycles. The van der Waals surface area contributed by atoms with Crippen LogP contribution in [0.2, 0.25) is 0 Å². The second-order valence-corrected chi connectivity index (χ2v) is 11.7. The van der Waals surface area contributed by atoms with E-state index in [4.69, 9.17) is 4.74 Å². The lowest BCUT2D eigenvalue weighted by molar-refractivity contribution is -0.123. The highest BCUT2D eigenvalue weighted by molar-refractivity contribution is 5.87. The molecule has 3 heterocycles. The third kappa shape index (κ3) is 5.74. The van der Waals surface area contributed by atoms with Gasteiger partial charge in [0, 0.05) is 75.5 Å². The Hall–Kier alpha value is -3.37. The number of likely N-dealkylation sites (N-methyl/N-ethyl adjacent to an activating group) is 1. The van der Waals surface area contributed by atoms with Gasteiger partial charge < -0.3 is 9.64 Å². The average molecular weight is 556 g/mol. The topological polar surface area (TPSA) is 64.7 Å². The minimum absolute atomic E-state index is 0.0192. The van der Waals surface area contributed by atoms with Crippen LogP contribution < -0.4 is 4.74 Å². The van der Waals surface area contributed by atoms with Crippen LogP contribution in [0, 0.1) is 11.6 Å². The molecule has 3 aromatic rings. The summed E-state index contributed by atoms with van der Waals surface area (Å²) >= 11 is 0. The minimum atomic E-state index is -1.56. The van der Waals surface area contributed by atoms with Crippen LogP contribution in [0.25, 0.3) is 10.9 Å². The molecule has 5 rings (SSSR count). The van der Waals surface area contributed by atoms with Crippen molar-refractivity contribution in [3.8, 4) is 5.75 Å². The molecule has 2 atom stereocenters. The molecule has 0 unspecified atom stereocenters. The summed E-state index contributed by atoms with van der Waals surface area (Å²) in [5.41, 5.74) is 0.885. The number of hydrogen-bond donors (Lipinski definition) is 1. The molecule has 0 bridgehead atoms. The summed E-state index contributed by atoms with van der Waals surface area (Å²) < 4.78 is 52.5. The van der Waals surface area contributed by atoms with Gasteiger partial charge in [-0.3, -0.25) is 19.7 Å². The largest absolute Gasteiger partial charge is 0.488 e. The van der Waals surface area contributed by atoms with E-state index < -0.39 is 23.3 Å². The fourth-order valence-corrected chi connectivity index (χ4v) is 5.71. The number of aromatic nitrogens is 2. The van der Waals surface area contributed by atoms with Gasteiger partial charge in [0.25, 0.3) is 0 Å². The predicted octanol–water partition coefficient (Wildman–Crippen LogP) is 4.63. The molecule has 1 amide bonds. The molecule has 0 radical (unpaired) electrons. The van der Waals surface area contributed by atoms with Gasteiger partial charge in [0.15, 0.2) is 0 Å². The Kier molecular flexibility index (Phi) is 7.67. The summed E-state index contributed by atoms with van der Waals surface area (Å²) in [6.07, 6.45) is 5.44. The molecule has 2 aromatic carbocycles. The summed E-state index contributed by atoms with van der Waals surface area (Å²) in [5.74, 6) is -1.42. The minimum Gasteiger partial charge on any atom is -0.488 e. The lowest BCUT2D eigenvalue weighted by Gasteiger charge is -2.44. The second kappa shape index (κ2) is 10.9. The Balaban J connectivity index is 1.39. The first-order valence-electron chi connectivity index (χ1n) is 13.6. The number of ether oxygens (including phenoxy) is 1. The van der Waals surface area contributed by atoms with Crippen LogP contribution in [0.5, 0.6) is 5.75 Å². The Morgan fingerprint density at radius 2 is 1.93 bits per heavy atom. The Morgan fingerprint density at radius 1 is 1.23 bits per heavy atom. The van der Waals surface area contributed by atoms with Crippen molar-refractivity contribution in [3.05, 3.63) is 70.9 Å². The van der Waals surface area contributed by atoms with Gasteiger partial charge in [-0.25, -0.2) is 13.2 Å². The van der Waals surface area contributed by atoms with Crippen molar-refractivity contribution < 1.29 is 22.7 Å². The third-order valence-electron chi connectivity index (χ3n) is 7.64. The van der Waals surface area contributed by atoms with Crippen molar-refractivity contribution in [2.24, 2.45) is 0 Å². The molecule has 214 valence electrons. The fraction of sp³-hybridized carbons (Fsp3) is 0.467. The number of amides is 1. The smallest absolute Gasteiger partial charge is 0.245 e. The van der Waals surface area contributed by atoms with Gasteiger partial charge in [-0.15, -0.1) is 0 Å². The zero-order chi connectivity index (χ0) is 28.8. The SMILES string of the molecule is C[C@@H]1Cc2c(ccc3[nH]ncc23)[C@@H](c2c(F)cc(OC3CN(C/C=C/C(=O)N(C)C)C3)cc2F)N1CC(C)(C)F. The number of rotatable bonds is 8. The number of fused-ring (bicyclic) bond motifs is 3. The van der Waals surface area contributed by atoms with E-state index in [9.17, 15) is 9.18 Å². The molecule has 10 heteroatoms. The number of aromatic amines is 1. The number of H-pyrrole nitrogens is 1. The van der Waals surface area contributed by atoms with Crippen LogP contribution in [0.4, 0.5) is 13.2 Å². The first kappa shape index (κ1) is 28.2. The van der Waals surface area contributed by atoms with Crippen molar-refractivity contribution in [1.82, 2.24) is 24.9 Å². The molecule has 0 spiro atoms. The van der Waals surface area contributed by atoms with Gasteiger partial charge in [0.2, 0.25) is 5.91 Å². The van der Waals surface area contributed by atoms with E-state index in [1.165, 1.54) is 37.0 Å². The number of benzene rings is 2. The van der Waals surface area contributed by atoms with Gasteiger partial charge in [0.05, 0.1) is 17.8 Å². The van der Waals surface area contributed by atoms with E-state index in [-0.39, 0.29) is 35.9 Å². The number of carbonyl (C=O) groups excluding carboxylic acids is 1. The number of nitrogens with zero attached hydrogens (tertiary/aromatic N) is 4. The quantitative estimate of drug-likeness (QED) is 0.411. The van der Waals surface area contributed by atoms with E-state index in [0.717, 1.165) is 22.0 Å². The molecule has 1 fully saturated rings. The Labute approximate surface area is 232 Å². The molecule has 0 saturated carbocycles. The van der Waals surface area contributed by atoms with Gasteiger partial charge >= 0.3 is 0 Å². The molecule has 1 N–H and O–H groups in total. The van der Waals surface area contributed by atoms with E-state index in [1.807, 2.05) is 24.0 Å². The summed E-state index contributed by atoms with van der Waals surface area (Å²) in [6.45, 7) is 6.69. The van der Waals surface area contributed by atoms with Gasteiger partial charge in [-0.2, -0.15) is 5.10 Å². The molecule has 40 heavy (non-hydrogen) atoms. The number of likely N-dealkylation sites (tertiary alicyclic amines) is 1. The lowest BCUT2D eigenvalue weighted by atomic mass is 9.82.